The number of likely N-dealkylation sites (N-methyl/N-ethyl adjacent to an activating group) is 1. The third-order valence-electron chi connectivity index (χ3n) is 2.81. The van der Waals surface area contributed by atoms with Gasteiger partial charge in [0, 0.05) is 31.9 Å². The van der Waals surface area contributed by atoms with E-state index >= 15 is 0 Å². The Hall–Kier alpha value is -1.62. The van der Waals surface area contributed by atoms with E-state index in [4.69, 9.17) is 0 Å². The number of carbonyl (C=O) groups excluding carboxylic acids is 1. The normalized spacial score (nSPS) is 12.4. The van der Waals surface area contributed by atoms with Crippen LogP contribution in [0, 0.1) is 5.92 Å². The largest absolute Gasteiger partial charge is 0.469 e. The van der Waals surface area contributed by atoms with Gasteiger partial charge in [0.05, 0.1) is 13.0 Å². The second-order valence-corrected chi connectivity index (χ2v) is 4.42. The van der Waals surface area contributed by atoms with Gasteiger partial charge in [-0.3, -0.25) is 9.59 Å². The highest BCUT2D eigenvalue weighted by atomic mass is 16.5. The van der Waals surface area contributed by atoms with E-state index in [9.17, 15) is 9.59 Å². The van der Waals surface area contributed by atoms with Gasteiger partial charge in [-0.05, 0) is 13.1 Å². The Bertz CT molecular complexity index is 442. The lowest BCUT2D eigenvalue weighted by molar-refractivity contribution is -0.145. The SMILES string of the molecule is COC(=O)C(C)CN(C)CCn1ccccc1=O. The number of carbonyl (C=O) groups is 1. The fraction of sp³-hybridized carbons (Fsp3) is 0.538. The van der Waals surface area contributed by atoms with Crippen molar-refractivity contribution in [2.45, 2.75) is 13.5 Å². The molecule has 0 fully saturated rings. The smallest absolute Gasteiger partial charge is 0.309 e. The first-order chi connectivity index (χ1) is 8.54. The van der Waals surface area contributed by atoms with Crippen molar-refractivity contribution in [2.75, 3.05) is 27.2 Å². The first kappa shape index (κ1) is 14.4. The number of aromatic nitrogens is 1. The quantitative estimate of drug-likeness (QED) is 0.695. The van der Waals surface area contributed by atoms with E-state index in [1.54, 1.807) is 16.8 Å². The number of rotatable bonds is 6. The molecule has 100 valence electrons. The molecule has 0 aliphatic carbocycles. The van der Waals surface area contributed by atoms with Crippen LogP contribution < -0.4 is 5.56 Å². The van der Waals surface area contributed by atoms with Gasteiger partial charge in [0.15, 0.2) is 0 Å². The Balaban J connectivity index is 2.42. The van der Waals surface area contributed by atoms with E-state index in [0.29, 0.717) is 19.6 Å². The van der Waals surface area contributed by atoms with Crippen molar-refractivity contribution in [3.05, 3.63) is 34.7 Å². The summed E-state index contributed by atoms with van der Waals surface area (Å²) in [5.74, 6) is -0.369. The predicted molar refractivity (Wildman–Crippen MR) is 69.4 cm³/mol. The molecule has 0 N–H and O–H groups in total. The predicted octanol–water partition coefficient (Wildman–Crippen LogP) is 0.589. The van der Waals surface area contributed by atoms with Crippen LogP contribution >= 0.6 is 0 Å². The van der Waals surface area contributed by atoms with Crippen LogP contribution in [-0.4, -0.2) is 42.7 Å². The molecule has 0 aromatic carbocycles. The van der Waals surface area contributed by atoms with Crippen molar-refractivity contribution in [1.29, 1.82) is 0 Å². The molecule has 1 aromatic rings. The highest BCUT2D eigenvalue weighted by Crippen LogP contribution is 2.00. The summed E-state index contributed by atoms with van der Waals surface area (Å²) in [7, 11) is 3.32. The zero-order chi connectivity index (χ0) is 13.5. The summed E-state index contributed by atoms with van der Waals surface area (Å²) in [6.45, 7) is 3.78. The molecular weight excluding hydrogens is 232 g/mol. The molecule has 0 aliphatic rings. The lowest BCUT2D eigenvalue weighted by atomic mass is 10.2. The number of esters is 1. The molecule has 5 nitrogen and oxygen atoms in total. The lowest BCUT2D eigenvalue weighted by Crippen LogP contribution is -2.33. The third-order valence-corrected chi connectivity index (χ3v) is 2.81. The number of ether oxygens (including phenoxy) is 1. The maximum atomic E-state index is 11.5. The number of pyridine rings is 1. The van der Waals surface area contributed by atoms with Gasteiger partial charge >= 0.3 is 5.97 Å². The van der Waals surface area contributed by atoms with E-state index < -0.39 is 0 Å². The third kappa shape index (κ3) is 4.33. The number of hydrogen-bond donors (Lipinski definition) is 0. The van der Waals surface area contributed by atoms with Gasteiger partial charge in [0.2, 0.25) is 0 Å². The summed E-state index contributed by atoms with van der Waals surface area (Å²) in [4.78, 5) is 24.8. The van der Waals surface area contributed by atoms with Crippen molar-refractivity contribution in [3.8, 4) is 0 Å². The average Bonchev–Trinajstić information content (AvgIpc) is 2.36. The Morgan fingerprint density at radius 3 is 2.83 bits per heavy atom. The molecule has 0 aliphatic heterocycles. The van der Waals surface area contributed by atoms with Crippen molar-refractivity contribution in [2.24, 2.45) is 5.92 Å². The van der Waals surface area contributed by atoms with Crippen molar-refractivity contribution in [3.63, 3.8) is 0 Å². The van der Waals surface area contributed by atoms with Crippen LogP contribution in [0.2, 0.25) is 0 Å². The molecule has 0 spiro atoms. The second kappa shape index (κ2) is 6.96. The summed E-state index contributed by atoms with van der Waals surface area (Å²) in [6.07, 6.45) is 1.76. The van der Waals surface area contributed by atoms with E-state index in [1.807, 2.05) is 24.9 Å². The van der Waals surface area contributed by atoms with Crippen LogP contribution in [0.3, 0.4) is 0 Å². The minimum absolute atomic E-state index is 0.00748. The van der Waals surface area contributed by atoms with Gasteiger partial charge in [-0.15, -0.1) is 0 Å². The maximum absolute atomic E-state index is 11.5. The van der Waals surface area contributed by atoms with Gasteiger partial charge in [0.1, 0.15) is 0 Å². The Morgan fingerprint density at radius 2 is 2.22 bits per heavy atom. The summed E-state index contributed by atoms with van der Waals surface area (Å²) >= 11 is 0. The number of nitrogens with zero attached hydrogens (tertiary/aromatic N) is 2. The number of methoxy groups -OCH3 is 1. The molecule has 0 bridgehead atoms. The van der Waals surface area contributed by atoms with Gasteiger partial charge in [-0.25, -0.2) is 0 Å². The molecule has 1 aromatic heterocycles. The zero-order valence-corrected chi connectivity index (χ0v) is 11.1. The van der Waals surface area contributed by atoms with Gasteiger partial charge in [0.25, 0.3) is 5.56 Å². The van der Waals surface area contributed by atoms with Crippen LogP contribution in [0.15, 0.2) is 29.2 Å². The Morgan fingerprint density at radius 1 is 1.50 bits per heavy atom. The van der Waals surface area contributed by atoms with E-state index in [0.717, 1.165) is 0 Å². The highest BCUT2D eigenvalue weighted by molar-refractivity contribution is 5.71. The topological polar surface area (TPSA) is 51.5 Å². The molecule has 5 heteroatoms. The molecule has 1 heterocycles. The summed E-state index contributed by atoms with van der Waals surface area (Å²) < 4.78 is 6.33. The standard InChI is InChI=1S/C13H20N2O3/c1-11(13(17)18-3)10-14(2)8-9-15-7-5-4-6-12(15)16/h4-7,11H,8-10H2,1-3H3. The monoisotopic (exact) mass is 252 g/mol. The summed E-state index contributed by atoms with van der Waals surface area (Å²) in [5.41, 5.74) is -0.00748. The fourth-order valence-electron chi connectivity index (χ4n) is 1.76. The zero-order valence-electron chi connectivity index (χ0n) is 11.1. The van der Waals surface area contributed by atoms with Crippen molar-refractivity contribution < 1.29 is 9.53 Å². The number of hydrogen-bond acceptors (Lipinski definition) is 4. The first-order valence-electron chi connectivity index (χ1n) is 5.96. The van der Waals surface area contributed by atoms with Crippen LogP contribution in [0.5, 0.6) is 0 Å². The minimum atomic E-state index is -0.210. The van der Waals surface area contributed by atoms with Crippen LogP contribution in [-0.2, 0) is 16.1 Å². The maximum Gasteiger partial charge on any atom is 0.309 e. The van der Waals surface area contributed by atoms with E-state index in [2.05, 4.69) is 4.74 Å². The second-order valence-electron chi connectivity index (χ2n) is 4.42. The first-order valence-corrected chi connectivity index (χ1v) is 5.96. The van der Waals surface area contributed by atoms with E-state index in [1.165, 1.54) is 13.2 Å². The summed E-state index contributed by atoms with van der Waals surface area (Å²) in [6, 6.07) is 5.09. The molecular formula is C13H20N2O3. The summed E-state index contributed by atoms with van der Waals surface area (Å²) in [5, 5.41) is 0. The van der Waals surface area contributed by atoms with Crippen LogP contribution in [0.25, 0.3) is 0 Å². The van der Waals surface area contributed by atoms with Crippen molar-refractivity contribution in [1.82, 2.24) is 9.47 Å². The fourth-order valence-corrected chi connectivity index (χ4v) is 1.76. The van der Waals surface area contributed by atoms with Crippen molar-refractivity contribution >= 4 is 5.97 Å². The van der Waals surface area contributed by atoms with Crippen LogP contribution in [0.4, 0.5) is 0 Å². The highest BCUT2D eigenvalue weighted by Gasteiger charge is 2.15. The molecule has 18 heavy (non-hydrogen) atoms. The van der Waals surface area contributed by atoms with Gasteiger partial charge < -0.3 is 14.2 Å². The Kier molecular flexibility index (Phi) is 5.58. The van der Waals surface area contributed by atoms with Gasteiger partial charge in [-0.2, -0.15) is 0 Å². The lowest BCUT2D eigenvalue weighted by Gasteiger charge is -2.20. The molecule has 1 unspecified atom stereocenters. The Labute approximate surface area is 107 Å². The van der Waals surface area contributed by atoms with E-state index in [-0.39, 0.29) is 17.4 Å². The molecule has 0 saturated carbocycles. The molecule has 0 saturated heterocycles. The average molecular weight is 252 g/mol. The van der Waals surface area contributed by atoms with Gasteiger partial charge in [-0.1, -0.05) is 13.0 Å². The minimum Gasteiger partial charge on any atom is -0.469 e. The molecule has 0 radical (unpaired) electrons. The van der Waals surface area contributed by atoms with Crippen LogP contribution in [0.1, 0.15) is 6.92 Å². The molecule has 1 rings (SSSR count). The molecule has 0 amide bonds. The molecule has 1 atom stereocenters.